The second kappa shape index (κ2) is 6.52. The Morgan fingerprint density at radius 1 is 1.31 bits per heavy atom. The molecule has 0 spiro atoms. The van der Waals surface area contributed by atoms with Crippen LogP contribution < -0.4 is 4.90 Å². The molecule has 3 aromatic rings. The first-order chi connectivity index (χ1) is 12.7. The molecule has 0 saturated carbocycles. The van der Waals surface area contributed by atoms with Crippen LogP contribution in [0.4, 0.5) is 14.9 Å². The average molecular weight is 355 g/mol. The molecule has 1 atom stereocenters. The van der Waals surface area contributed by atoms with E-state index in [1.54, 1.807) is 30.5 Å². The number of aromatic nitrogens is 4. The maximum atomic E-state index is 14.6. The van der Waals surface area contributed by atoms with E-state index in [9.17, 15) is 9.18 Å². The van der Waals surface area contributed by atoms with Crippen LogP contribution in [-0.4, -0.2) is 50.2 Å². The zero-order valence-electron chi connectivity index (χ0n) is 13.5. The predicted octanol–water partition coefficient (Wildman–Crippen LogP) is 1.79. The van der Waals surface area contributed by atoms with Crippen LogP contribution in [0.15, 0.2) is 49.2 Å². The number of aliphatic hydroxyl groups is 1. The fourth-order valence-corrected chi connectivity index (χ4v) is 2.74. The van der Waals surface area contributed by atoms with Gasteiger partial charge in [-0.15, -0.1) is 0 Å². The van der Waals surface area contributed by atoms with Gasteiger partial charge in [-0.2, -0.15) is 5.10 Å². The lowest BCUT2D eigenvalue weighted by atomic mass is 10.1. The van der Waals surface area contributed by atoms with Gasteiger partial charge in [-0.3, -0.25) is 4.90 Å². The monoisotopic (exact) mass is 355 g/mol. The first-order valence-electron chi connectivity index (χ1n) is 7.85. The van der Waals surface area contributed by atoms with Gasteiger partial charge in [0, 0.05) is 17.3 Å². The number of nitrogens with zero attached hydrogens (tertiary/aromatic N) is 5. The Bertz CT molecular complexity index is 930. The van der Waals surface area contributed by atoms with Crippen molar-refractivity contribution in [3.8, 4) is 16.9 Å². The first kappa shape index (κ1) is 16.2. The van der Waals surface area contributed by atoms with Gasteiger partial charge in [-0.1, -0.05) is 0 Å². The smallest absolute Gasteiger partial charge is 0.414 e. The number of carbonyl (C=O) groups is 1. The van der Waals surface area contributed by atoms with Crippen LogP contribution in [0.2, 0.25) is 0 Å². The third-order valence-electron chi connectivity index (χ3n) is 4.05. The van der Waals surface area contributed by atoms with E-state index in [-0.39, 0.29) is 13.2 Å². The van der Waals surface area contributed by atoms with Crippen molar-refractivity contribution in [3.05, 3.63) is 55.0 Å². The van der Waals surface area contributed by atoms with Gasteiger partial charge in [-0.25, -0.2) is 23.8 Å². The maximum Gasteiger partial charge on any atom is 0.414 e. The third kappa shape index (κ3) is 2.88. The van der Waals surface area contributed by atoms with Crippen molar-refractivity contribution >= 4 is 11.8 Å². The highest BCUT2D eigenvalue weighted by Gasteiger charge is 2.32. The summed E-state index contributed by atoms with van der Waals surface area (Å²) >= 11 is 0. The van der Waals surface area contributed by atoms with E-state index in [4.69, 9.17) is 9.84 Å². The number of halogens is 1. The molecule has 3 heterocycles. The van der Waals surface area contributed by atoms with Gasteiger partial charge in [0.1, 0.15) is 24.6 Å². The number of ether oxygens (including phenoxy) is 1. The van der Waals surface area contributed by atoms with E-state index < -0.39 is 18.0 Å². The summed E-state index contributed by atoms with van der Waals surface area (Å²) in [5.41, 5.74) is 1.33. The minimum atomic E-state index is -0.602. The lowest BCUT2D eigenvalue weighted by molar-refractivity contribution is 0.0963. The molecule has 2 aromatic heterocycles. The molecule has 0 aliphatic carbocycles. The van der Waals surface area contributed by atoms with Crippen molar-refractivity contribution in [2.24, 2.45) is 0 Å². The zero-order chi connectivity index (χ0) is 18.1. The number of rotatable bonds is 4. The summed E-state index contributed by atoms with van der Waals surface area (Å²) in [6.45, 7) is -0.0884. The minimum Gasteiger partial charge on any atom is -0.441 e. The molecule has 0 radical (unpaired) electrons. The molecule has 1 amide bonds. The first-order valence-corrected chi connectivity index (χ1v) is 7.85. The van der Waals surface area contributed by atoms with Gasteiger partial charge in [0.05, 0.1) is 18.8 Å². The molecular weight excluding hydrogens is 341 g/mol. The summed E-state index contributed by atoms with van der Waals surface area (Å²) in [6, 6.07) is 7.91. The van der Waals surface area contributed by atoms with Crippen molar-refractivity contribution in [2.75, 3.05) is 18.1 Å². The Morgan fingerprint density at radius 2 is 2.19 bits per heavy atom. The van der Waals surface area contributed by atoms with Crippen LogP contribution >= 0.6 is 0 Å². The number of hydrogen-bond donors (Lipinski definition) is 1. The molecule has 1 N–H and O–H groups in total. The fourth-order valence-electron chi connectivity index (χ4n) is 2.74. The highest BCUT2D eigenvalue weighted by atomic mass is 19.1. The van der Waals surface area contributed by atoms with Gasteiger partial charge in [0.2, 0.25) is 0 Å². The average Bonchev–Trinajstić information content (AvgIpc) is 3.31. The second-order valence-electron chi connectivity index (χ2n) is 5.71. The summed E-state index contributed by atoms with van der Waals surface area (Å²) in [5.74, 6) is 0.0798. The van der Waals surface area contributed by atoms with E-state index in [0.29, 0.717) is 22.6 Å². The number of aliphatic hydroxyl groups excluding tert-OH is 1. The Balaban J connectivity index is 1.59. The van der Waals surface area contributed by atoms with Crippen LogP contribution in [0.5, 0.6) is 0 Å². The quantitative estimate of drug-likeness (QED) is 0.767. The Labute approximate surface area is 147 Å². The molecule has 1 unspecified atom stereocenters. The largest absolute Gasteiger partial charge is 0.441 e. The normalized spacial score (nSPS) is 16.8. The molecule has 1 aromatic carbocycles. The zero-order valence-corrected chi connectivity index (χ0v) is 13.5. The minimum absolute atomic E-state index is 0.183. The Hall–Kier alpha value is -3.33. The number of pyridine rings is 1. The third-order valence-corrected chi connectivity index (χ3v) is 4.05. The lowest BCUT2D eigenvalue weighted by Gasteiger charge is -2.14. The summed E-state index contributed by atoms with van der Waals surface area (Å²) in [7, 11) is 0. The topological polar surface area (TPSA) is 93.4 Å². The standard InChI is InChI=1S/C17H14FN5O3/c18-15-5-12(22-7-13(8-24)26-17(22)25)2-3-14(15)11-1-4-16(20-6-11)23-10-19-9-21-23/h1-6,9-10,13,24H,7-8H2. The molecule has 1 aliphatic heterocycles. The molecular formula is C17H14FN5O3. The lowest BCUT2D eigenvalue weighted by Crippen LogP contribution is -2.25. The van der Waals surface area contributed by atoms with E-state index in [1.165, 1.54) is 28.3 Å². The van der Waals surface area contributed by atoms with Crippen molar-refractivity contribution < 1.29 is 19.0 Å². The van der Waals surface area contributed by atoms with Crippen molar-refractivity contribution in [2.45, 2.75) is 6.10 Å². The molecule has 9 heteroatoms. The number of hydrogen-bond acceptors (Lipinski definition) is 6. The Kier molecular flexibility index (Phi) is 4.05. The number of cyclic esters (lactones) is 1. The van der Waals surface area contributed by atoms with Gasteiger partial charge in [0.15, 0.2) is 5.82 Å². The predicted molar refractivity (Wildman–Crippen MR) is 89.2 cm³/mol. The van der Waals surface area contributed by atoms with Crippen molar-refractivity contribution in [1.29, 1.82) is 0 Å². The van der Waals surface area contributed by atoms with Crippen LogP contribution in [-0.2, 0) is 4.74 Å². The van der Waals surface area contributed by atoms with E-state index in [0.717, 1.165) is 0 Å². The number of carbonyl (C=O) groups excluding carboxylic acids is 1. The highest BCUT2D eigenvalue weighted by molar-refractivity contribution is 5.90. The summed E-state index contributed by atoms with van der Waals surface area (Å²) in [5, 5.41) is 13.1. The van der Waals surface area contributed by atoms with Gasteiger partial charge >= 0.3 is 6.09 Å². The van der Waals surface area contributed by atoms with Crippen LogP contribution in [0.25, 0.3) is 16.9 Å². The Morgan fingerprint density at radius 3 is 2.81 bits per heavy atom. The van der Waals surface area contributed by atoms with Gasteiger partial charge in [-0.05, 0) is 30.3 Å². The van der Waals surface area contributed by atoms with Gasteiger partial charge in [0.25, 0.3) is 0 Å². The number of benzene rings is 1. The summed E-state index contributed by atoms with van der Waals surface area (Å²) in [4.78, 5) is 21.2. The second-order valence-corrected chi connectivity index (χ2v) is 5.71. The molecule has 1 fully saturated rings. The van der Waals surface area contributed by atoms with Crippen molar-refractivity contribution in [1.82, 2.24) is 19.7 Å². The highest BCUT2D eigenvalue weighted by Crippen LogP contribution is 2.29. The van der Waals surface area contributed by atoms with E-state index in [2.05, 4.69) is 15.1 Å². The van der Waals surface area contributed by atoms with E-state index in [1.807, 2.05) is 0 Å². The molecule has 0 bridgehead atoms. The van der Waals surface area contributed by atoms with Crippen LogP contribution in [0, 0.1) is 5.82 Å². The number of anilines is 1. The summed E-state index contributed by atoms with van der Waals surface area (Å²) in [6.07, 6.45) is 3.26. The molecule has 1 saturated heterocycles. The molecule has 132 valence electrons. The maximum absolute atomic E-state index is 14.6. The molecule has 8 nitrogen and oxygen atoms in total. The van der Waals surface area contributed by atoms with Gasteiger partial charge < -0.3 is 9.84 Å². The molecule has 1 aliphatic rings. The SMILES string of the molecule is O=C1OC(CO)CN1c1ccc(-c2ccc(-n3cncn3)nc2)c(F)c1. The van der Waals surface area contributed by atoms with E-state index >= 15 is 0 Å². The van der Waals surface area contributed by atoms with Crippen LogP contribution in [0.3, 0.4) is 0 Å². The number of amides is 1. The fraction of sp³-hybridized carbons (Fsp3) is 0.176. The summed E-state index contributed by atoms with van der Waals surface area (Å²) < 4.78 is 21.1. The van der Waals surface area contributed by atoms with Crippen molar-refractivity contribution in [3.63, 3.8) is 0 Å². The molecule has 26 heavy (non-hydrogen) atoms. The molecule has 4 rings (SSSR count). The van der Waals surface area contributed by atoms with Crippen LogP contribution in [0.1, 0.15) is 0 Å².